The summed E-state index contributed by atoms with van der Waals surface area (Å²) in [5, 5.41) is 4.45. The fourth-order valence-electron chi connectivity index (χ4n) is 2.62. The largest absolute Gasteiger partial charge is 0.364 e. The highest BCUT2D eigenvalue weighted by atomic mass is 79.9. The topological polar surface area (TPSA) is 15.3 Å². The van der Waals surface area contributed by atoms with Crippen LogP contribution < -0.4 is 10.2 Å². The minimum Gasteiger partial charge on any atom is -0.364 e. The average Bonchev–Trinajstić information content (AvgIpc) is 2.33. The molecule has 4 heteroatoms. The van der Waals surface area contributed by atoms with Crippen molar-refractivity contribution >= 4 is 33.2 Å². The molecule has 106 valence electrons. The molecule has 1 aromatic rings. The molecule has 19 heavy (non-hydrogen) atoms. The second-order valence-corrected chi connectivity index (χ2v) is 7.27. The van der Waals surface area contributed by atoms with Crippen LogP contribution in [0.25, 0.3) is 0 Å². The monoisotopic (exact) mass is 344 g/mol. The highest BCUT2D eigenvalue weighted by Crippen LogP contribution is 2.35. The third-order valence-corrected chi connectivity index (χ3v) is 4.87. The van der Waals surface area contributed by atoms with Crippen molar-refractivity contribution in [1.29, 1.82) is 0 Å². The molecule has 1 atom stereocenters. The summed E-state index contributed by atoms with van der Waals surface area (Å²) in [7, 11) is 0. The van der Waals surface area contributed by atoms with Gasteiger partial charge >= 0.3 is 0 Å². The Morgan fingerprint density at radius 1 is 1.47 bits per heavy atom. The van der Waals surface area contributed by atoms with E-state index in [1.165, 1.54) is 5.69 Å². The van der Waals surface area contributed by atoms with Crippen molar-refractivity contribution in [1.82, 2.24) is 5.32 Å². The van der Waals surface area contributed by atoms with Crippen molar-refractivity contribution in [2.24, 2.45) is 0 Å². The molecular weight excluding hydrogens is 324 g/mol. The maximum absolute atomic E-state index is 6.30. The van der Waals surface area contributed by atoms with Crippen LogP contribution in [0.2, 0.25) is 5.02 Å². The number of aryl methyl sites for hydroxylation is 1. The van der Waals surface area contributed by atoms with Crippen LogP contribution in [0.15, 0.2) is 16.6 Å². The molecule has 0 radical (unpaired) electrons. The zero-order valence-corrected chi connectivity index (χ0v) is 14.4. The number of piperazine rings is 1. The van der Waals surface area contributed by atoms with Crippen LogP contribution in [0, 0.1) is 6.92 Å². The maximum atomic E-state index is 6.30. The first-order valence-electron chi connectivity index (χ1n) is 6.81. The van der Waals surface area contributed by atoms with E-state index in [1.807, 2.05) is 6.92 Å². The predicted octanol–water partition coefficient (Wildman–Crippen LogP) is 4.38. The Morgan fingerprint density at radius 3 is 2.79 bits per heavy atom. The summed E-state index contributed by atoms with van der Waals surface area (Å²) in [6.07, 6.45) is 1.13. The van der Waals surface area contributed by atoms with Gasteiger partial charge in [0.25, 0.3) is 0 Å². The molecule has 0 spiro atoms. The zero-order valence-electron chi connectivity index (χ0n) is 12.1. The Hall–Kier alpha value is -0.250. The summed E-state index contributed by atoms with van der Waals surface area (Å²) in [4.78, 5) is 2.48. The molecule has 1 aromatic carbocycles. The van der Waals surface area contributed by atoms with Gasteiger partial charge in [0.15, 0.2) is 0 Å². The van der Waals surface area contributed by atoms with Crippen LogP contribution >= 0.6 is 27.5 Å². The van der Waals surface area contributed by atoms with Gasteiger partial charge in [-0.05, 0) is 60.8 Å². The lowest BCUT2D eigenvalue weighted by atomic mass is 9.96. The number of hydrogen-bond acceptors (Lipinski definition) is 2. The van der Waals surface area contributed by atoms with Gasteiger partial charge in [-0.25, -0.2) is 0 Å². The fourth-order valence-corrected chi connectivity index (χ4v) is 3.46. The Morgan fingerprint density at radius 2 is 2.16 bits per heavy atom. The van der Waals surface area contributed by atoms with Crippen molar-refractivity contribution in [3.63, 3.8) is 0 Å². The Balaban J connectivity index is 2.39. The Kier molecular flexibility index (Phi) is 4.49. The van der Waals surface area contributed by atoms with Gasteiger partial charge in [0.1, 0.15) is 0 Å². The molecule has 1 fully saturated rings. The number of halogens is 2. The molecule has 0 bridgehead atoms. The Bertz CT molecular complexity index is 473. The molecule has 0 amide bonds. The summed E-state index contributed by atoms with van der Waals surface area (Å²) >= 11 is 9.99. The summed E-state index contributed by atoms with van der Waals surface area (Å²) in [6.45, 7) is 10.8. The number of nitrogens with one attached hydrogen (secondary N) is 1. The second kappa shape index (κ2) is 5.63. The van der Waals surface area contributed by atoms with Gasteiger partial charge in [0, 0.05) is 34.2 Å². The first kappa shape index (κ1) is 15.1. The summed E-state index contributed by atoms with van der Waals surface area (Å²) in [5.74, 6) is 0. The molecule has 1 N–H and O–H groups in total. The van der Waals surface area contributed by atoms with Crippen molar-refractivity contribution < 1.29 is 0 Å². The molecule has 1 heterocycles. The average molecular weight is 346 g/mol. The smallest absolute Gasteiger partial charge is 0.0529 e. The van der Waals surface area contributed by atoms with Crippen LogP contribution in [0.4, 0.5) is 5.69 Å². The van der Waals surface area contributed by atoms with E-state index in [0.29, 0.717) is 6.04 Å². The van der Waals surface area contributed by atoms with Gasteiger partial charge in [-0.3, -0.25) is 0 Å². The number of rotatable bonds is 2. The minimum absolute atomic E-state index is 0.127. The third-order valence-electron chi connectivity index (χ3n) is 3.83. The van der Waals surface area contributed by atoms with Crippen LogP contribution in [0.3, 0.4) is 0 Å². The lowest BCUT2D eigenvalue weighted by Crippen LogP contribution is -2.61. The standard InChI is InChI=1S/C15H22BrClN2/c1-5-11-8-18-15(3,4)9-19(11)14-7-13(17)10(2)6-12(14)16/h6-7,11,18H,5,8-9H2,1-4H3. The molecule has 1 saturated heterocycles. The highest BCUT2D eigenvalue weighted by Gasteiger charge is 2.32. The van der Waals surface area contributed by atoms with E-state index in [9.17, 15) is 0 Å². The third kappa shape index (κ3) is 3.26. The fraction of sp³-hybridized carbons (Fsp3) is 0.600. The molecule has 2 nitrogen and oxygen atoms in total. The first-order chi connectivity index (χ1) is 8.84. The van der Waals surface area contributed by atoms with E-state index in [-0.39, 0.29) is 5.54 Å². The lowest BCUT2D eigenvalue weighted by molar-refractivity contribution is 0.306. The van der Waals surface area contributed by atoms with Gasteiger partial charge in [0.05, 0.1) is 5.69 Å². The number of nitrogens with zero attached hydrogens (tertiary/aromatic N) is 1. The van der Waals surface area contributed by atoms with Crippen LogP contribution in [0.5, 0.6) is 0 Å². The number of benzene rings is 1. The predicted molar refractivity (Wildman–Crippen MR) is 87.4 cm³/mol. The molecule has 0 aliphatic carbocycles. The summed E-state index contributed by atoms with van der Waals surface area (Å²) in [5.41, 5.74) is 2.44. The van der Waals surface area contributed by atoms with Crippen LogP contribution in [0.1, 0.15) is 32.8 Å². The molecule has 2 rings (SSSR count). The van der Waals surface area contributed by atoms with Gasteiger partial charge in [-0.2, -0.15) is 0 Å². The molecule has 1 aliphatic heterocycles. The normalized spacial score (nSPS) is 22.6. The van der Waals surface area contributed by atoms with Crippen molar-refractivity contribution in [2.45, 2.75) is 45.7 Å². The van der Waals surface area contributed by atoms with Gasteiger partial charge in [0.2, 0.25) is 0 Å². The van der Waals surface area contributed by atoms with E-state index in [1.54, 1.807) is 0 Å². The van der Waals surface area contributed by atoms with E-state index >= 15 is 0 Å². The van der Waals surface area contributed by atoms with Crippen molar-refractivity contribution in [3.8, 4) is 0 Å². The maximum Gasteiger partial charge on any atom is 0.0529 e. The van der Waals surface area contributed by atoms with Crippen LogP contribution in [-0.4, -0.2) is 24.7 Å². The van der Waals surface area contributed by atoms with E-state index in [2.05, 4.69) is 59.1 Å². The minimum atomic E-state index is 0.127. The quantitative estimate of drug-likeness (QED) is 0.856. The van der Waals surface area contributed by atoms with Gasteiger partial charge < -0.3 is 10.2 Å². The van der Waals surface area contributed by atoms with Gasteiger partial charge in [-0.1, -0.05) is 18.5 Å². The zero-order chi connectivity index (χ0) is 14.2. The van der Waals surface area contributed by atoms with E-state index in [4.69, 9.17) is 11.6 Å². The lowest BCUT2D eigenvalue weighted by Gasteiger charge is -2.46. The van der Waals surface area contributed by atoms with Crippen molar-refractivity contribution in [3.05, 3.63) is 27.2 Å². The van der Waals surface area contributed by atoms with Crippen molar-refractivity contribution in [2.75, 3.05) is 18.0 Å². The number of anilines is 1. The Labute approximate surface area is 129 Å². The molecule has 1 aliphatic rings. The molecule has 0 aromatic heterocycles. The molecule has 1 unspecified atom stereocenters. The highest BCUT2D eigenvalue weighted by molar-refractivity contribution is 9.10. The summed E-state index contributed by atoms with van der Waals surface area (Å²) in [6, 6.07) is 4.72. The number of hydrogen-bond donors (Lipinski definition) is 1. The van der Waals surface area contributed by atoms with E-state index in [0.717, 1.165) is 34.6 Å². The van der Waals surface area contributed by atoms with Crippen LogP contribution in [-0.2, 0) is 0 Å². The van der Waals surface area contributed by atoms with Gasteiger partial charge in [-0.15, -0.1) is 0 Å². The summed E-state index contributed by atoms with van der Waals surface area (Å²) < 4.78 is 1.13. The van der Waals surface area contributed by atoms with E-state index < -0.39 is 0 Å². The SMILES string of the molecule is CCC1CNC(C)(C)CN1c1cc(Cl)c(C)cc1Br. The first-order valence-corrected chi connectivity index (χ1v) is 7.98. The molecular formula is C15H22BrClN2. The molecule has 0 saturated carbocycles. The second-order valence-electron chi connectivity index (χ2n) is 6.01.